The van der Waals surface area contributed by atoms with Crippen LogP contribution in [-0.2, 0) is 91.8 Å². The minimum atomic E-state index is 0. The Balaban J connectivity index is 0.000000135. The van der Waals surface area contributed by atoms with Gasteiger partial charge in [0.2, 0.25) is 0 Å². The molecule has 0 atom stereocenters. The molecule has 335 valence electrons. The van der Waals surface area contributed by atoms with Crippen molar-refractivity contribution in [2.24, 2.45) is 0 Å². The molecule has 0 fully saturated rings. The van der Waals surface area contributed by atoms with Gasteiger partial charge in [0.25, 0.3) is 0 Å². The number of benzene rings is 3. The van der Waals surface area contributed by atoms with Crippen LogP contribution in [0.3, 0.4) is 0 Å². The summed E-state index contributed by atoms with van der Waals surface area (Å²) in [5.74, 6) is 0.965. The molecule has 0 unspecified atom stereocenters. The van der Waals surface area contributed by atoms with E-state index in [1.165, 1.54) is 22.5 Å². The molecule has 14 heteroatoms. The Morgan fingerprint density at radius 1 is 0.409 bits per heavy atom. The van der Waals surface area contributed by atoms with Gasteiger partial charge in [-0.15, -0.1) is 96.9 Å². The van der Waals surface area contributed by atoms with Crippen molar-refractivity contribution in [3.05, 3.63) is 226 Å². The van der Waals surface area contributed by atoms with Gasteiger partial charge in [-0.2, -0.15) is 42.5 Å². The van der Waals surface area contributed by atoms with Gasteiger partial charge in [-0.25, -0.2) is 42.7 Å². The molecule has 0 spiro atoms. The zero-order valence-electron chi connectivity index (χ0n) is 35.2. The maximum absolute atomic E-state index is 4.45. The predicted octanol–water partition coefficient (Wildman–Crippen LogP) is 10.1. The molecular weight excluding hydrogens is 1350 g/mol. The second kappa shape index (κ2) is 21.3. The maximum atomic E-state index is 4.45. The number of rotatable bonds is 5. The van der Waals surface area contributed by atoms with E-state index in [-0.39, 0.29) is 59.7 Å². The van der Waals surface area contributed by atoms with Crippen LogP contribution in [0.2, 0.25) is 0 Å². The van der Waals surface area contributed by atoms with Gasteiger partial charge in [0.05, 0.1) is 0 Å². The van der Waals surface area contributed by atoms with Gasteiger partial charge in [0.15, 0.2) is 0 Å². The van der Waals surface area contributed by atoms with Crippen molar-refractivity contribution < 1.29 is 59.7 Å². The molecule has 5 aliphatic heterocycles. The summed E-state index contributed by atoms with van der Waals surface area (Å²) in [5, 5.41) is 0. The van der Waals surface area contributed by atoms with Crippen LogP contribution in [0.4, 0.5) is 57.0 Å². The third kappa shape index (κ3) is 9.44. The van der Waals surface area contributed by atoms with Crippen LogP contribution in [0.25, 0.3) is 0 Å². The third-order valence-corrected chi connectivity index (χ3v) is 11.5. The standard InChI is InChI=1S/2C20H15N4.C12H9N3.Ir.2Os/c1-4-15(23-12-8-17-19(23)6-2-10-21-17)14-16(5-1)24-13-9-18-20(24)7-3-11-22-18;1-2-17(23-10-6-15-13-21-8-4-19(15)23)12-18(3-1)24-11-7-16-14-22-9-5-20(16)24;1-2-4-11(5-3-1)15-7-6-10-8-13-9-14-12(10)15;;;/h1-7,10-13H,8-9H2;1-5,8-11,13-14H,6-7H2;1-4,7-9H,6H2;;;/q2*-3;-2;;;. The van der Waals surface area contributed by atoms with Crippen LogP contribution >= 0.6 is 0 Å². The predicted molar refractivity (Wildman–Crippen MR) is 246 cm³/mol. The van der Waals surface area contributed by atoms with Crippen molar-refractivity contribution in [2.75, 3.05) is 24.5 Å². The van der Waals surface area contributed by atoms with Crippen LogP contribution in [0.5, 0.6) is 0 Å². The van der Waals surface area contributed by atoms with E-state index < -0.39 is 0 Å². The van der Waals surface area contributed by atoms with E-state index in [0.717, 1.165) is 94.7 Å². The first-order valence-corrected chi connectivity index (χ1v) is 20.9. The van der Waals surface area contributed by atoms with Crippen LogP contribution in [0.1, 0.15) is 28.1 Å². The molecule has 5 aliphatic rings. The van der Waals surface area contributed by atoms with Gasteiger partial charge in [-0.05, 0) is 53.1 Å². The Hall–Kier alpha value is -5.74. The maximum Gasteiger partial charge on any atom is 0.117 e. The number of fused-ring (bicyclic) bond motifs is 5. The van der Waals surface area contributed by atoms with Gasteiger partial charge >= 0.3 is 0 Å². The van der Waals surface area contributed by atoms with Crippen molar-refractivity contribution in [1.29, 1.82) is 0 Å². The van der Waals surface area contributed by atoms with Gasteiger partial charge in [-0.1, -0.05) is 0 Å². The summed E-state index contributed by atoms with van der Waals surface area (Å²) in [6, 6.07) is 43.0. The monoisotopic (exact) mass is 1390 g/mol. The average Bonchev–Trinajstić information content (AvgIpc) is 4.22. The summed E-state index contributed by atoms with van der Waals surface area (Å²) in [6.45, 7) is 10.8. The molecule has 1 radical (unpaired) electrons. The van der Waals surface area contributed by atoms with Crippen molar-refractivity contribution >= 4 is 57.0 Å². The second-order valence-corrected chi connectivity index (χ2v) is 15.2. The van der Waals surface area contributed by atoms with E-state index >= 15 is 0 Å². The summed E-state index contributed by atoms with van der Waals surface area (Å²) in [7, 11) is 0. The van der Waals surface area contributed by atoms with Crippen LogP contribution in [0.15, 0.2) is 147 Å². The second-order valence-electron chi connectivity index (χ2n) is 15.2. The molecule has 0 aliphatic carbocycles. The van der Waals surface area contributed by atoms with E-state index in [9.17, 15) is 0 Å². The summed E-state index contributed by atoms with van der Waals surface area (Å²) < 4.78 is 0. The van der Waals surface area contributed by atoms with Gasteiger partial charge < -0.3 is 24.5 Å². The van der Waals surface area contributed by atoms with Crippen molar-refractivity contribution in [1.82, 2.24) is 29.9 Å². The van der Waals surface area contributed by atoms with Crippen LogP contribution < -0.4 is 24.5 Å². The Bertz CT molecular complexity index is 2610. The van der Waals surface area contributed by atoms with Gasteiger partial charge in [0, 0.05) is 137 Å². The largest absolute Gasteiger partial charge is 0.514 e. The number of aromatic nitrogens is 6. The quantitative estimate of drug-likeness (QED) is 0.154. The molecule has 0 N–H and O–H groups in total. The van der Waals surface area contributed by atoms with Gasteiger partial charge in [-0.3, -0.25) is 19.9 Å². The van der Waals surface area contributed by atoms with E-state index in [1.807, 2.05) is 79.8 Å². The Morgan fingerprint density at radius 2 is 0.879 bits per heavy atom. The molecule has 8 aromatic rings. The zero-order valence-corrected chi connectivity index (χ0v) is 42.7. The topological polar surface area (TPSA) is 93.5 Å². The number of hydrogen-bond acceptors (Lipinski definition) is 11. The summed E-state index contributed by atoms with van der Waals surface area (Å²) in [6.07, 6.45) is 19.1. The molecule has 11 nitrogen and oxygen atoms in total. The average molecular weight is 1390 g/mol. The molecule has 5 aromatic heterocycles. The smallest absolute Gasteiger partial charge is 0.117 e. The fraction of sp³-hybridized carbons (Fsp3) is 0.0962. The number of nitrogens with zero attached hydrogens (tertiary/aromatic N) is 11. The molecule has 0 saturated heterocycles. The molecule has 0 saturated carbocycles. The van der Waals surface area contributed by atoms with Crippen LogP contribution in [-0.4, -0.2) is 29.9 Å². The first-order valence-electron chi connectivity index (χ1n) is 20.9. The Kier molecular flexibility index (Phi) is 15.1. The molecule has 0 bridgehead atoms. The SMILES string of the molecule is [Ir].[Os].[Os].[c-]1c(N2[CH-]Cc3cnccc32)cccc1N1[CH-]Cc2cnccc21.[c-]1c(N2[CH-]Cc3ncccc32)cccc1N1[CH-]Cc2ncccc21.[c-]1ccccc1N1[CH-]Cc2cncnc21. The Labute approximate surface area is 425 Å². The number of pyridine rings is 4. The summed E-state index contributed by atoms with van der Waals surface area (Å²) >= 11 is 0. The fourth-order valence-electron chi connectivity index (χ4n) is 8.46. The molecule has 0 amide bonds. The summed E-state index contributed by atoms with van der Waals surface area (Å²) in [5.41, 5.74) is 15.7. The number of anilines is 10. The molecule has 10 heterocycles. The number of para-hydroxylation sites is 1. The zero-order chi connectivity index (χ0) is 42.0. The molecule has 66 heavy (non-hydrogen) atoms. The van der Waals surface area contributed by atoms with Crippen molar-refractivity contribution in [3.63, 3.8) is 0 Å². The minimum absolute atomic E-state index is 0. The van der Waals surface area contributed by atoms with E-state index in [0.29, 0.717) is 0 Å². The Morgan fingerprint density at radius 3 is 1.41 bits per heavy atom. The molecular formula is C52H39IrN11Os2-8. The fourth-order valence-corrected chi connectivity index (χ4v) is 8.46. The van der Waals surface area contributed by atoms with Gasteiger partial charge in [0.1, 0.15) is 12.1 Å². The van der Waals surface area contributed by atoms with E-state index in [1.54, 1.807) is 6.33 Å². The first-order chi connectivity index (χ1) is 31.2. The van der Waals surface area contributed by atoms with Crippen LogP contribution in [0, 0.1) is 50.9 Å². The minimum Gasteiger partial charge on any atom is -0.514 e. The third-order valence-electron chi connectivity index (χ3n) is 11.5. The summed E-state index contributed by atoms with van der Waals surface area (Å²) in [4.78, 5) is 36.4. The first kappa shape index (κ1) is 46.8. The molecule has 3 aromatic carbocycles. The van der Waals surface area contributed by atoms with Crippen molar-refractivity contribution in [3.8, 4) is 0 Å². The van der Waals surface area contributed by atoms with Crippen molar-refractivity contribution in [2.45, 2.75) is 32.1 Å². The molecule has 13 rings (SSSR count). The van der Waals surface area contributed by atoms with E-state index in [2.05, 4.69) is 166 Å². The normalized spacial score (nSPS) is 14.5. The number of hydrogen-bond donors (Lipinski definition) is 0. The van der Waals surface area contributed by atoms with E-state index in [4.69, 9.17) is 0 Å².